The number of hydrogen-bond acceptors (Lipinski definition) is 2. The molecule has 1 aromatic rings. The van der Waals surface area contributed by atoms with Crippen LogP contribution in [0.3, 0.4) is 0 Å². The van der Waals surface area contributed by atoms with E-state index >= 15 is 0 Å². The van der Waals surface area contributed by atoms with Crippen molar-refractivity contribution < 1.29 is 4.79 Å². The highest BCUT2D eigenvalue weighted by Gasteiger charge is 2.17. The van der Waals surface area contributed by atoms with Gasteiger partial charge in [-0.1, -0.05) is 37.0 Å². The van der Waals surface area contributed by atoms with E-state index in [1.54, 1.807) is 23.1 Å². The van der Waals surface area contributed by atoms with Crippen molar-refractivity contribution in [2.45, 2.75) is 20.3 Å². The van der Waals surface area contributed by atoms with Crippen molar-refractivity contribution >= 4 is 29.1 Å². The van der Waals surface area contributed by atoms with E-state index in [0.717, 1.165) is 0 Å². The molecule has 0 unspecified atom stereocenters. The molecule has 1 amide bonds. The molecule has 0 aliphatic heterocycles. The Hall–Kier alpha value is -1.24. The highest BCUT2D eigenvalue weighted by Crippen LogP contribution is 2.23. The second kappa shape index (κ2) is 7.37. The predicted octanol–water partition coefficient (Wildman–Crippen LogP) is 4.01. The molecule has 19 heavy (non-hydrogen) atoms. The van der Waals surface area contributed by atoms with E-state index < -0.39 is 0 Å². The quantitative estimate of drug-likeness (QED) is 0.824. The first kappa shape index (κ1) is 15.8. The van der Waals surface area contributed by atoms with Crippen molar-refractivity contribution in [3.8, 4) is 6.07 Å². The monoisotopic (exact) mass is 298 g/mol. The fourth-order valence-electron chi connectivity index (χ4n) is 1.71. The van der Waals surface area contributed by atoms with Crippen LogP contribution in [0, 0.1) is 17.2 Å². The number of rotatable bonds is 5. The third-order valence-corrected chi connectivity index (χ3v) is 3.27. The van der Waals surface area contributed by atoms with E-state index in [1.807, 2.05) is 13.8 Å². The Bertz CT molecular complexity index is 495. The lowest BCUT2D eigenvalue weighted by atomic mass is 10.1. The van der Waals surface area contributed by atoms with Crippen molar-refractivity contribution in [2.75, 3.05) is 13.1 Å². The number of amides is 1. The van der Waals surface area contributed by atoms with Crippen LogP contribution in [0.5, 0.6) is 0 Å². The first-order chi connectivity index (χ1) is 8.95. The fourth-order valence-corrected chi connectivity index (χ4v) is 2.01. The number of nitriles is 1. The number of carbonyl (C=O) groups is 1. The minimum Gasteiger partial charge on any atom is -0.337 e. The van der Waals surface area contributed by atoms with Gasteiger partial charge in [-0.3, -0.25) is 4.79 Å². The molecule has 1 aromatic carbocycles. The van der Waals surface area contributed by atoms with E-state index in [9.17, 15) is 4.79 Å². The maximum Gasteiger partial charge on any atom is 0.253 e. The molecule has 1 rings (SSSR count). The normalized spacial score (nSPS) is 10.3. The van der Waals surface area contributed by atoms with Crippen molar-refractivity contribution in [3.05, 3.63) is 33.8 Å². The van der Waals surface area contributed by atoms with Crippen LogP contribution in [0.4, 0.5) is 0 Å². The molecule has 0 N–H and O–H groups in total. The van der Waals surface area contributed by atoms with Gasteiger partial charge in [0.1, 0.15) is 0 Å². The molecule has 0 saturated carbocycles. The van der Waals surface area contributed by atoms with Crippen LogP contribution < -0.4 is 0 Å². The van der Waals surface area contributed by atoms with Crippen LogP contribution >= 0.6 is 23.2 Å². The zero-order valence-corrected chi connectivity index (χ0v) is 12.5. The van der Waals surface area contributed by atoms with Gasteiger partial charge < -0.3 is 4.90 Å². The molecule has 0 saturated heterocycles. The lowest BCUT2D eigenvalue weighted by Crippen LogP contribution is -2.35. The third-order valence-electron chi connectivity index (χ3n) is 2.53. The number of benzene rings is 1. The largest absolute Gasteiger partial charge is 0.337 e. The Kier molecular flexibility index (Phi) is 6.14. The van der Waals surface area contributed by atoms with Gasteiger partial charge in [0.15, 0.2) is 0 Å². The number of hydrogen-bond donors (Lipinski definition) is 0. The lowest BCUT2D eigenvalue weighted by molar-refractivity contribution is 0.0740. The Balaban J connectivity index is 2.91. The second-order valence-electron chi connectivity index (χ2n) is 4.68. The van der Waals surface area contributed by atoms with Gasteiger partial charge in [-0.25, -0.2) is 0 Å². The van der Waals surface area contributed by atoms with E-state index in [1.165, 1.54) is 0 Å². The average molecular weight is 299 g/mol. The van der Waals surface area contributed by atoms with Gasteiger partial charge in [0.2, 0.25) is 0 Å². The molecule has 0 fully saturated rings. The van der Waals surface area contributed by atoms with E-state index in [2.05, 4.69) is 6.07 Å². The Labute approximate surface area is 123 Å². The highest BCUT2D eigenvalue weighted by molar-refractivity contribution is 6.42. The molecular formula is C14H16Cl2N2O. The summed E-state index contributed by atoms with van der Waals surface area (Å²) in [6.07, 6.45) is 0.319. The number of halogens is 2. The molecule has 0 aromatic heterocycles. The molecule has 3 nitrogen and oxygen atoms in total. The minimum atomic E-state index is -0.123. The average Bonchev–Trinajstić information content (AvgIpc) is 2.36. The van der Waals surface area contributed by atoms with Gasteiger partial charge in [-0.2, -0.15) is 5.26 Å². The fraction of sp³-hybridized carbons (Fsp3) is 0.429. The number of nitrogens with zero attached hydrogens (tertiary/aromatic N) is 2. The van der Waals surface area contributed by atoms with Crippen LogP contribution in [0.25, 0.3) is 0 Å². The maximum absolute atomic E-state index is 12.4. The number of carbonyl (C=O) groups excluding carboxylic acids is 1. The van der Waals surface area contributed by atoms with E-state index in [0.29, 0.717) is 41.0 Å². The van der Waals surface area contributed by atoms with Crippen LogP contribution in [0.2, 0.25) is 10.0 Å². The van der Waals surface area contributed by atoms with Crippen molar-refractivity contribution in [3.63, 3.8) is 0 Å². The molecule has 5 heteroatoms. The standard InChI is InChI=1S/C14H16Cl2N2O/c1-10(2)9-18(7-3-6-17)14(19)11-4-5-12(15)13(16)8-11/h4-5,8,10H,3,7,9H2,1-2H3. The summed E-state index contributed by atoms with van der Waals surface area (Å²) >= 11 is 11.8. The zero-order valence-electron chi connectivity index (χ0n) is 11.0. The maximum atomic E-state index is 12.4. The van der Waals surface area contributed by atoms with Crippen LogP contribution in [-0.2, 0) is 0 Å². The summed E-state index contributed by atoms with van der Waals surface area (Å²) < 4.78 is 0. The van der Waals surface area contributed by atoms with Gasteiger partial charge in [-0.15, -0.1) is 0 Å². The van der Waals surface area contributed by atoms with Gasteiger partial charge in [0, 0.05) is 18.7 Å². The summed E-state index contributed by atoms with van der Waals surface area (Å²) in [6, 6.07) is 6.87. The molecule has 0 aliphatic rings. The van der Waals surface area contributed by atoms with Gasteiger partial charge in [0.25, 0.3) is 5.91 Å². The summed E-state index contributed by atoms with van der Waals surface area (Å²) in [4.78, 5) is 14.0. The van der Waals surface area contributed by atoms with Crippen molar-refractivity contribution in [1.82, 2.24) is 4.90 Å². The summed E-state index contributed by atoms with van der Waals surface area (Å²) in [5.41, 5.74) is 0.494. The van der Waals surface area contributed by atoms with Gasteiger partial charge >= 0.3 is 0 Å². The van der Waals surface area contributed by atoms with Crippen LogP contribution in [0.15, 0.2) is 18.2 Å². The van der Waals surface area contributed by atoms with Gasteiger partial charge in [-0.05, 0) is 24.1 Å². The van der Waals surface area contributed by atoms with Crippen LogP contribution in [-0.4, -0.2) is 23.9 Å². The zero-order chi connectivity index (χ0) is 14.4. The summed E-state index contributed by atoms with van der Waals surface area (Å²) in [5, 5.41) is 9.44. The molecular weight excluding hydrogens is 283 g/mol. The summed E-state index contributed by atoms with van der Waals surface area (Å²) in [7, 11) is 0. The first-order valence-electron chi connectivity index (χ1n) is 6.07. The minimum absolute atomic E-state index is 0.123. The molecule has 0 aliphatic carbocycles. The van der Waals surface area contributed by atoms with Crippen molar-refractivity contribution in [2.24, 2.45) is 5.92 Å². The molecule has 0 radical (unpaired) electrons. The lowest BCUT2D eigenvalue weighted by Gasteiger charge is -2.23. The third kappa shape index (κ3) is 4.74. The predicted molar refractivity (Wildman–Crippen MR) is 77.4 cm³/mol. The summed E-state index contributed by atoms with van der Waals surface area (Å²) in [6.45, 7) is 5.09. The smallest absolute Gasteiger partial charge is 0.253 e. The van der Waals surface area contributed by atoms with Crippen LogP contribution in [0.1, 0.15) is 30.6 Å². The SMILES string of the molecule is CC(C)CN(CCC#N)C(=O)c1ccc(Cl)c(Cl)c1. The molecule has 0 heterocycles. The van der Waals surface area contributed by atoms with Gasteiger partial charge in [0.05, 0.1) is 22.5 Å². The summed E-state index contributed by atoms with van der Waals surface area (Å²) in [5.74, 6) is 0.216. The highest BCUT2D eigenvalue weighted by atomic mass is 35.5. The Morgan fingerprint density at radius 2 is 2.05 bits per heavy atom. The Morgan fingerprint density at radius 3 is 2.58 bits per heavy atom. The molecule has 0 atom stereocenters. The molecule has 0 bridgehead atoms. The second-order valence-corrected chi connectivity index (χ2v) is 5.50. The van der Waals surface area contributed by atoms with E-state index in [4.69, 9.17) is 28.5 Å². The van der Waals surface area contributed by atoms with Crippen molar-refractivity contribution in [1.29, 1.82) is 5.26 Å². The van der Waals surface area contributed by atoms with E-state index in [-0.39, 0.29) is 5.91 Å². The topological polar surface area (TPSA) is 44.1 Å². The first-order valence-corrected chi connectivity index (χ1v) is 6.82. The molecule has 0 spiro atoms. The Morgan fingerprint density at radius 1 is 1.37 bits per heavy atom. The molecule has 102 valence electrons.